The minimum absolute atomic E-state index is 0.243. The molecule has 0 bridgehead atoms. The van der Waals surface area contributed by atoms with Crippen molar-refractivity contribution < 1.29 is 17.9 Å². The van der Waals surface area contributed by atoms with E-state index in [0.29, 0.717) is 51.0 Å². The summed E-state index contributed by atoms with van der Waals surface area (Å²) in [5, 5.41) is 5.91. The molecule has 28 heavy (non-hydrogen) atoms. The van der Waals surface area contributed by atoms with E-state index in [2.05, 4.69) is 15.3 Å². The lowest BCUT2D eigenvalue weighted by Gasteiger charge is -2.36. The zero-order valence-corrected chi connectivity index (χ0v) is 17.2. The maximum atomic E-state index is 12.9. The van der Waals surface area contributed by atoms with Crippen LogP contribution in [0.5, 0.6) is 0 Å². The Balaban J connectivity index is 1.47. The molecule has 152 valence electrons. The third kappa shape index (κ3) is 4.34. The quantitative estimate of drug-likeness (QED) is 0.776. The Labute approximate surface area is 168 Å². The van der Waals surface area contributed by atoms with E-state index in [9.17, 15) is 8.42 Å². The smallest absolute Gasteiger partial charge is 0.282 e. The number of ether oxygens (including phenoxy) is 2. The molecule has 0 saturated carbocycles. The average Bonchev–Trinajstić information content (AvgIpc) is 3.13. The van der Waals surface area contributed by atoms with Gasteiger partial charge in [-0.15, -0.1) is 11.3 Å². The van der Waals surface area contributed by atoms with Crippen LogP contribution in [-0.2, 0) is 19.7 Å². The number of morpholine rings is 2. The van der Waals surface area contributed by atoms with Gasteiger partial charge in [-0.05, 0) is 19.1 Å². The van der Waals surface area contributed by atoms with Crippen molar-refractivity contribution in [1.82, 2.24) is 18.6 Å². The molecule has 0 radical (unpaired) electrons. The van der Waals surface area contributed by atoms with Crippen molar-refractivity contribution in [3.05, 3.63) is 35.0 Å². The second kappa shape index (κ2) is 8.39. The van der Waals surface area contributed by atoms with E-state index in [-0.39, 0.29) is 6.54 Å². The minimum Gasteiger partial charge on any atom is -0.379 e. The molecule has 2 aliphatic heterocycles. The monoisotopic (exact) mass is 425 g/mol. The first kappa shape index (κ1) is 19.7. The van der Waals surface area contributed by atoms with Crippen molar-refractivity contribution in [2.45, 2.75) is 13.0 Å². The molecule has 0 spiro atoms. The van der Waals surface area contributed by atoms with Gasteiger partial charge in [-0.1, -0.05) is 6.07 Å². The topological polar surface area (TPSA) is 96.9 Å². The summed E-state index contributed by atoms with van der Waals surface area (Å²) in [7, 11) is -3.53. The number of anilines is 2. The van der Waals surface area contributed by atoms with Crippen LogP contribution in [0.3, 0.4) is 0 Å². The molecule has 0 amide bonds. The molecule has 1 atom stereocenters. The summed E-state index contributed by atoms with van der Waals surface area (Å²) in [6, 6.07) is 5.59. The van der Waals surface area contributed by atoms with E-state index in [1.54, 1.807) is 0 Å². The number of thiazole rings is 1. The minimum atomic E-state index is -3.53. The van der Waals surface area contributed by atoms with Crippen molar-refractivity contribution >= 4 is 32.5 Å². The molecular weight excluding hydrogens is 402 g/mol. The van der Waals surface area contributed by atoms with Gasteiger partial charge in [-0.25, -0.2) is 9.97 Å². The largest absolute Gasteiger partial charge is 0.379 e. The SMILES string of the molecule is Cc1csc(Nc2cccc(C3CN(S(=O)(=O)N4CCOCC4)CCO3)n2)n1. The fourth-order valence-electron chi connectivity index (χ4n) is 3.18. The van der Waals surface area contributed by atoms with Crippen molar-refractivity contribution in [1.29, 1.82) is 0 Å². The second-order valence-corrected chi connectivity index (χ2v) is 9.39. The van der Waals surface area contributed by atoms with E-state index in [1.165, 1.54) is 19.9 Å². The van der Waals surface area contributed by atoms with E-state index in [1.807, 2.05) is 30.5 Å². The highest BCUT2D eigenvalue weighted by molar-refractivity contribution is 7.86. The predicted octanol–water partition coefficient (Wildman–Crippen LogP) is 1.54. The molecule has 2 saturated heterocycles. The maximum absolute atomic E-state index is 12.9. The van der Waals surface area contributed by atoms with Gasteiger partial charge >= 0.3 is 0 Å². The van der Waals surface area contributed by atoms with Gasteiger partial charge in [0.15, 0.2) is 5.13 Å². The van der Waals surface area contributed by atoms with Gasteiger partial charge in [0.1, 0.15) is 11.9 Å². The van der Waals surface area contributed by atoms with Crippen LogP contribution < -0.4 is 5.32 Å². The van der Waals surface area contributed by atoms with Crippen LogP contribution in [0.25, 0.3) is 0 Å². The molecule has 2 aromatic heterocycles. The molecule has 2 fully saturated rings. The third-order valence-electron chi connectivity index (χ3n) is 4.61. The second-order valence-electron chi connectivity index (χ2n) is 6.60. The summed E-state index contributed by atoms with van der Waals surface area (Å²) < 4.78 is 39.9. The standard InChI is InChI=1S/C17H23N5O4S2/c1-13-12-27-17(18-13)20-16-4-2-3-14(19-16)15-11-22(7-10-26-15)28(23,24)21-5-8-25-9-6-21/h2-4,12,15H,5-11H2,1H3,(H,18,19,20). The van der Waals surface area contributed by atoms with Crippen LogP contribution in [-0.4, -0.2) is 73.0 Å². The van der Waals surface area contributed by atoms with Gasteiger partial charge in [-0.3, -0.25) is 0 Å². The first-order valence-electron chi connectivity index (χ1n) is 9.13. The summed E-state index contributed by atoms with van der Waals surface area (Å²) in [5.41, 5.74) is 1.64. The number of nitrogens with zero attached hydrogens (tertiary/aromatic N) is 4. The lowest BCUT2D eigenvalue weighted by atomic mass is 10.2. The van der Waals surface area contributed by atoms with Gasteiger partial charge in [0, 0.05) is 31.6 Å². The summed E-state index contributed by atoms with van der Waals surface area (Å²) in [5.74, 6) is 0.656. The van der Waals surface area contributed by atoms with Crippen LogP contribution in [0, 0.1) is 6.92 Å². The molecule has 11 heteroatoms. The lowest BCUT2D eigenvalue weighted by Crippen LogP contribution is -2.52. The van der Waals surface area contributed by atoms with E-state index in [0.717, 1.165) is 10.8 Å². The number of hydrogen-bond acceptors (Lipinski definition) is 8. The van der Waals surface area contributed by atoms with E-state index < -0.39 is 16.3 Å². The van der Waals surface area contributed by atoms with Crippen molar-refractivity contribution in [3.63, 3.8) is 0 Å². The van der Waals surface area contributed by atoms with Crippen LogP contribution >= 0.6 is 11.3 Å². The Morgan fingerprint density at radius 3 is 2.68 bits per heavy atom. The average molecular weight is 426 g/mol. The Morgan fingerprint density at radius 1 is 1.14 bits per heavy atom. The van der Waals surface area contributed by atoms with Gasteiger partial charge in [0.05, 0.1) is 31.2 Å². The van der Waals surface area contributed by atoms with Crippen LogP contribution in [0.1, 0.15) is 17.5 Å². The summed E-state index contributed by atoms with van der Waals surface area (Å²) in [6.07, 6.45) is -0.413. The van der Waals surface area contributed by atoms with Gasteiger partial charge < -0.3 is 14.8 Å². The molecule has 1 N–H and O–H groups in total. The van der Waals surface area contributed by atoms with Crippen LogP contribution in [0.15, 0.2) is 23.6 Å². The fourth-order valence-corrected chi connectivity index (χ4v) is 5.44. The Kier molecular flexibility index (Phi) is 5.90. The normalized spacial score (nSPS) is 22.2. The Hall–Kier alpha value is -1.63. The molecule has 2 aliphatic rings. The highest BCUT2D eigenvalue weighted by Crippen LogP contribution is 2.26. The predicted molar refractivity (Wildman–Crippen MR) is 106 cm³/mol. The summed E-state index contributed by atoms with van der Waals surface area (Å²) in [6.45, 7) is 4.48. The van der Waals surface area contributed by atoms with E-state index in [4.69, 9.17) is 9.47 Å². The molecule has 0 aromatic carbocycles. The van der Waals surface area contributed by atoms with E-state index >= 15 is 0 Å². The number of nitrogens with one attached hydrogen (secondary N) is 1. The van der Waals surface area contributed by atoms with Gasteiger partial charge in [-0.2, -0.15) is 17.0 Å². The highest BCUT2D eigenvalue weighted by Gasteiger charge is 2.35. The Morgan fingerprint density at radius 2 is 1.93 bits per heavy atom. The van der Waals surface area contributed by atoms with Crippen LogP contribution in [0.2, 0.25) is 0 Å². The first-order valence-corrected chi connectivity index (χ1v) is 11.4. The summed E-state index contributed by atoms with van der Waals surface area (Å²) in [4.78, 5) is 8.98. The molecule has 1 unspecified atom stereocenters. The van der Waals surface area contributed by atoms with Crippen molar-refractivity contribution in [3.8, 4) is 0 Å². The first-order chi connectivity index (χ1) is 13.5. The molecular formula is C17H23N5O4S2. The zero-order chi connectivity index (χ0) is 19.6. The van der Waals surface area contributed by atoms with Gasteiger partial charge in [0.2, 0.25) is 0 Å². The number of aromatic nitrogens is 2. The molecule has 0 aliphatic carbocycles. The lowest BCUT2D eigenvalue weighted by molar-refractivity contribution is -0.00837. The van der Waals surface area contributed by atoms with Gasteiger partial charge in [0.25, 0.3) is 10.2 Å². The van der Waals surface area contributed by atoms with Crippen molar-refractivity contribution in [2.75, 3.05) is 51.3 Å². The number of aryl methyl sites for hydroxylation is 1. The van der Waals surface area contributed by atoms with Crippen molar-refractivity contribution in [2.24, 2.45) is 0 Å². The highest BCUT2D eigenvalue weighted by atomic mass is 32.2. The molecule has 9 nitrogen and oxygen atoms in total. The number of pyridine rings is 1. The fraction of sp³-hybridized carbons (Fsp3) is 0.529. The molecule has 4 rings (SSSR count). The molecule has 4 heterocycles. The van der Waals surface area contributed by atoms with Crippen LogP contribution in [0.4, 0.5) is 10.9 Å². The maximum Gasteiger partial charge on any atom is 0.282 e. The number of rotatable bonds is 5. The molecule has 2 aromatic rings. The zero-order valence-electron chi connectivity index (χ0n) is 15.6. The number of hydrogen-bond donors (Lipinski definition) is 1. The third-order valence-corrected chi connectivity index (χ3v) is 7.48. The Bertz CT molecular complexity index is 914. The summed E-state index contributed by atoms with van der Waals surface area (Å²) >= 11 is 1.51.